The summed E-state index contributed by atoms with van der Waals surface area (Å²) in [6.07, 6.45) is -0.621. The molecule has 18 heavy (non-hydrogen) atoms. The third-order valence-electron chi connectivity index (χ3n) is 2.88. The highest BCUT2D eigenvalue weighted by molar-refractivity contribution is 7.10. The van der Waals surface area contributed by atoms with Crippen LogP contribution < -0.4 is 9.47 Å². The van der Waals surface area contributed by atoms with E-state index in [1.807, 2.05) is 36.6 Å². The first kappa shape index (κ1) is 12.9. The second kappa shape index (κ2) is 5.42. The van der Waals surface area contributed by atoms with E-state index in [2.05, 4.69) is 0 Å². The van der Waals surface area contributed by atoms with Crippen LogP contribution in [0.25, 0.3) is 0 Å². The Morgan fingerprint density at radius 2 is 1.83 bits per heavy atom. The van der Waals surface area contributed by atoms with Gasteiger partial charge in [-0.3, -0.25) is 0 Å². The Labute approximate surface area is 111 Å². The Hall–Kier alpha value is -1.52. The lowest BCUT2D eigenvalue weighted by Gasteiger charge is -2.16. The summed E-state index contributed by atoms with van der Waals surface area (Å²) in [6.45, 7) is 1.95. The number of aliphatic hydroxyl groups is 1. The molecule has 2 aromatic rings. The molecule has 3 nitrogen and oxygen atoms in total. The molecule has 0 fully saturated rings. The number of hydrogen-bond donors (Lipinski definition) is 1. The van der Waals surface area contributed by atoms with Crippen LogP contribution in [-0.4, -0.2) is 19.3 Å². The minimum atomic E-state index is -0.621. The van der Waals surface area contributed by atoms with Gasteiger partial charge in [0.15, 0.2) is 11.5 Å². The molecule has 0 bridgehead atoms. The Kier molecular flexibility index (Phi) is 3.89. The van der Waals surface area contributed by atoms with E-state index in [0.29, 0.717) is 11.5 Å². The van der Waals surface area contributed by atoms with Gasteiger partial charge in [0.2, 0.25) is 0 Å². The summed E-state index contributed by atoms with van der Waals surface area (Å²) in [5.41, 5.74) is 1.82. The maximum atomic E-state index is 10.4. The fourth-order valence-corrected chi connectivity index (χ4v) is 2.62. The van der Waals surface area contributed by atoms with E-state index in [9.17, 15) is 5.11 Å². The van der Waals surface area contributed by atoms with Crippen LogP contribution >= 0.6 is 11.3 Å². The molecule has 1 atom stereocenters. The van der Waals surface area contributed by atoms with Gasteiger partial charge in [0.1, 0.15) is 6.10 Å². The summed E-state index contributed by atoms with van der Waals surface area (Å²) in [6, 6.07) is 7.56. The highest BCUT2D eigenvalue weighted by Crippen LogP contribution is 2.35. The van der Waals surface area contributed by atoms with Gasteiger partial charge in [-0.2, -0.15) is 0 Å². The van der Waals surface area contributed by atoms with Crippen molar-refractivity contribution in [3.05, 3.63) is 45.6 Å². The molecule has 0 saturated carbocycles. The first-order valence-corrected chi connectivity index (χ1v) is 6.49. The number of aryl methyl sites for hydroxylation is 1. The molecule has 0 aliphatic heterocycles. The minimum absolute atomic E-state index is 0.621. The third kappa shape index (κ3) is 2.35. The van der Waals surface area contributed by atoms with E-state index in [1.165, 1.54) is 11.3 Å². The fourth-order valence-electron chi connectivity index (χ4n) is 1.89. The quantitative estimate of drug-likeness (QED) is 0.922. The van der Waals surface area contributed by atoms with E-state index in [0.717, 1.165) is 16.0 Å². The molecular formula is C14H16O3S. The molecular weight excluding hydrogens is 248 g/mol. The van der Waals surface area contributed by atoms with E-state index < -0.39 is 6.10 Å². The highest BCUT2D eigenvalue weighted by Gasteiger charge is 2.17. The standard InChI is InChI=1S/C14H16O3S/c1-9-7-11(16-2)12(17-3)8-10(9)14(15)13-5-4-6-18-13/h4-8,14-15H,1-3H3. The van der Waals surface area contributed by atoms with Crippen molar-refractivity contribution in [2.45, 2.75) is 13.0 Å². The van der Waals surface area contributed by atoms with E-state index >= 15 is 0 Å². The number of aliphatic hydroxyl groups excluding tert-OH is 1. The van der Waals surface area contributed by atoms with Crippen molar-refractivity contribution in [1.82, 2.24) is 0 Å². The van der Waals surface area contributed by atoms with Gasteiger partial charge in [-0.25, -0.2) is 0 Å². The molecule has 2 rings (SSSR count). The Balaban J connectivity index is 2.45. The molecule has 4 heteroatoms. The predicted molar refractivity (Wildman–Crippen MR) is 72.7 cm³/mol. The second-order valence-electron chi connectivity index (χ2n) is 3.98. The van der Waals surface area contributed by atoms with Gasteiger partial charge < -0.3 is 14.6 Å². The van der Waals surface area contributed by atoms with Gasteiger partial charge in [-0.1, -0.05) is 6.07 Å². The number of ether oxygens (including phenoxy) is 2. The molecule has 0 saturated heterocycles. The molecule has 1 aromatic heterocycles. The largest absolute Gasteiger partial charge is 0.493 e. The zero-order chi connectivity index (χ0) is 13.1. The zero-order valence-electron chi connectivity index (χ0n) is 10.6. The Morgan fingerprint density at radius 3 is 2.39 bits per heavy atom. The number of thiophene rings is 1. The summed E-state index contributed by atoms with van der Waals surface area (Å²) < 4.78 is 10.5. The SMILES string of the molecule is COc1cc(C)c(C(O)c2cccs2)cc1OC. The summed E-state index contributed by atoms with van der Waals surface area (Å²) >= 11 is 1.54. The average molecular weight is 264 g/mol. The maximum absolute atomic E-state index is 10.4. The van der Waals surface area contributed by atoms with E-state index in [-0.39, 0.29) is 0 Å². The van der Waals surface area contributed by atoms with E-state index in [1.54, 1.807) is 14.2 Å². The monoisotopic (exact) mass is 264 g/mol. The van der Waals surface area contributed by atoms with Crippen LogP contribution in [0.15, 0.2) is 29.6 Å². The van der Waals surface area contributed by atoms with Gasteiger partial charge in [-0.15, -0.1) is 11.3 Å². The van der Waals surface area contributed by atoms with Crippen LogP contribution in [0.4, 0.5) is 0 Å². The lowest BCUT2D eigenvalue weighted by Crippen LogP contribution is -2.02. The van der Waals surface area contributed by atoms with Crippen molar-refractivity contribution < 1.29 is 14.6 Å². The van der Waals surface area contributed by atoms with Gasteiger partial charge in [-0.05, 0) is 41.6 Å². The molecule has 0 amide bonds. The maximum Gasteiger partial charge on any atom is 0.161 e. The zero-order valence-corrected chi connectivity index (χ0v) is 11.5. The summed E-state index contributed by atoms with van der Waals surface area (Å²) in [5, 5.41) is 12.3. The van der Waals surface area contributed by atoms with Crippen LogP contribution in [0.5, 0.6) is 11.5 Å². The molecule has 0 aliphatic carbocycles. The molecule has 0 radical (unpaired) electrons. The van der Waals surface area contributed by atoms with Crippen LogP contribution in [0.2, 0.25) is 0 Å². The van der Waals surface area contributed by atoms with Crippen LogP contribution in [-0.2, 0) is 0 Å². The van der Waals surface area contributed by atoms with Crippen molar-refractivity contribution >= 4 is 11.3 Å². The second-order valence-corrected chi connectivity index (χ2v) is 4.96. The summed E-state index contributed by atoms with van der Waals surface area (Å²) in [7, 11) is 3.20. The first-order chi connectivity index (χ1) is 8.67. The van der Waals surface area contributed by atoms with Crippen molar-refractivity contribution in [3.63, 3.8) is 0 Å². The highest BCUT2D eigenvalue weighted by atomic mass is 32.1. The third-order valence-corrected chi connectivity index (χ3v) is 3.80. The molecule has 0 spiro atoms. The normalized spacial score (nSPS) is 12.2. The van der Waals surface area contributed by atoms with Crippen molar-refractivity contribution in [2.75, 3.05) is 14.2 Å². The van der Waals surface area contributed by atoms with Crippen molar-refractivity contribution in [1.29, 1.82) is 0 Å². The minimum Gasteiger partial charge on any atom is -0.493 e. The van der Waals surface area contributed by atoms with E-state index in [4.69, 9.17) is 9.47 Å². The number of rotatable bonds is 4. The van der Waals surface area contributed by atoms with Crippen molar-refractivity contribution in [3.8, 4) is 11.5 Å². The Morgan fingerprint density at radius 1 is 1.17 bits per heavy atom. The van der Waals surface area contributed by atoms with Gasteiger partial charge in [0.05, 0.1) is 14.2 Å². The number of methoxy groups -OCH3 is 2. The van der Waals surface area contributed by atoms with Crippen LogP contribution in [0.1, 0.15) is 22.1 Å². The topological polar surface area (TPSA) is 38.7 Å². The lowest BCUT2D eigenvalue weighted by atomic mass is 10.0. The van der Waals surface area contributed by atoms with Gasteiger partial charge in [0, 0.05) is 4.88 Å². The molecule has 1 aromatic carbocycles. The summed E-state index contributed by atoms with van der Waals surface area (Å²) in [4.78, 5) is 0.922. The van der Waals surface area contributed by atoms with Crippen LogP contribution in [0, 0.1) is 6.92 Å². The summed E-state index contributed by atoms with van der Waals surface area (Å²) in [5.74, 6) is 1.31. The molecule has 1 heterocycles. The van der Waals surface area contributed by atoms with Crippen LogP contribution in [0.3, 0.4) is 0 Å². The molecule has 1 unspecified atom stereocenters. The van der Waals surface area contributed by atoms with Crippen molar-refractivity contribution in [2.24, 2.45) is 0 Å². The smallest absolute Gasteiger partial charge is 0.161 e. The molecule has 1 N–H and O–H groups in total. The number of benzene rings is 1. The molecule has 0 aliphatic rings. The van der Waals surface area contributed by atoms with Gasteiger partial charge >= 0.3 is 0 Å². The molecule has 96 valence electrons. The average Bonchev–Trinajstić information content (AvgIpc) is 2.91. The van der Waals surface area contributed by atoms with Gasteiger partial charge in [0.25, 0.3) is 0 Å². The predicted octanol–water partition coefficient (Wildman–Crippen LogP) is 3.16. The first-order valence-electron chi connectivity index (χ1n) is 5.61. The Bertz CT molecular complexity index is 520. The number of hydrogen-bond acceptors (Lipinski definition) is 4. The lowest BCUT2D eigenvalue weighted by molar-refractivity contribution is 0.222. The fraction of sp³-hybridized carbons (Fsp3) is 0.286.